The Kier molecular flexibility index (Phi) is 10.2. The SMILES string of the molecule is Cc1ccc(N2c3cccc4c3P3c5c2cccc5N(c2ccc(C)cc2)c2c3c(cc3c5c6c(cc23)N(c2ccc(C)cc2)c2cccc3c2P6(=S)c2c(cccc2N5c2ccc(C)cc2)N3c2ccc(C)cc2)N4c2ccc(C)cc2)cc1. The van der Waals surface area contributed by atoms with Gasteiger partial charge in [0, 0.05) is 84.6 Å². The lowest BCUT2D eigenvalue weighted by Crippen LogP contribution is -2.48. The molecule has 6 aliphatic heterocycles. The maximum absolute atomic E-state index is 7.95. The Bertz CT molecular complexity index is 4900. The van der Waals surface area contributed by atoms with Crippen LogP contribution in [-0.4, -0.2) is 0 Å². The van der Waals surface area contributed by atoms with Crippen LogP contribution in [0.25, 0.3) is 10.8 Å². The lowest BCUT2D eigenvalue weighted by molar-refractivity contribution is 1.22. The van der Waals surface area contributed by atoms with Crippen LogP contribution in [0.5, 0.6) is 0 Å². The van der Waals surface area contributed by atoms with Crippen molar-refractivity contribution in [3.8, 4) is 0 Å². The third kappa shape index (κ3) is 6.61. The Balaban J connectivity index is 1.05. The summed E-state index contributed by atoms with van der Waals surface area (Å²) in [6.07, 6.45) is 0. The Morgan fingerprint density at radius 3 is 0.894 bits per heavy atom. The molecule has 12 aromatic carbocycles. The standard InChI is InChI=1S/C76H56N6P2S/c1-45-19-31-51(32-20-45)77-59-11-7-13-61-71(59)83-72-60(77)12-8-14-62(72)81(55-39-27-49(5)28-40-55)69-57-44-68-76-70(58(57)43-67(73(69)83)78(61)52-33-21-46(2)22-34-52)82(56-41-29-50(6)30-42-56)66-18-10-16-64-75(66)84(76,85)74-63(79(64)53-35-23-47(3)24-36-53)15-9-17-65(74)80(68)54-37-25-48(4)26-38-54/h7-44H,1-6H3. The van der Waals surface area contributed by atoms with Crippen LogP contribution in [0.1, 0.15) is 33.4 Å². The predicted molar refractivity (Wildman–Crippen MR) is 367 cm³/mol. The molecule has 0 radical (unpaired) electrons. The van der Waals surface area contributed by atoms with E-state index in [9.17, 15) is 0 Å². The molecule has 9 heteroatoms. The van der Waals surface area contributed by atoms with E-state index in [0.29, 0.717) is 0 Å². The molecule has 406 valence electrons. The van der Waals surface area contributed by atoms with Gasteiger partial charge in [-0.25, -0.2) is 0 Å². The Hall–Kier alpha value is -9.22. The van der Waals surface area contributed by atoms with Crippen molar-refractivity contribution < 1.29 is 0 Å². The number of hydrogen-bond donors (Lipinski definition) is 0. The van der Waals surface area contributed by atoms with E-state index in [2.05, 4.69) is 301 Å². The third-order valence-electron chi connectivity index (χ3n) is 18.5. The second-order valence-corrected chi connectivity index (χ2v) is 30.0. The highest BCUT2D eigenvalue weighted by Crippen LogP contribution is 2.70. The minimum atomic E-state index is -2.96. The summed E-state index contributed by atoms with van der Waals surface area (Å²) < 4.78 is 0. The number of hydrogen-bond acceptors (Lipinski definition) is 7. The fourth-order valence-corrected chi connectivity index (χ4v) is 23.1. The second-order valence-electron chi connectivity index (χ2n) is 23.8. The second kappa shape index (κ2) is 17.7. The van der Waals surface area contributed by atoms with Crippen LogP contribution < -0.4 is 61.2 Å². The molecule has 0 N–H and O–H groups in total. The summed E-state index contributed by atoms with van der Waals surface area (Å²) in [6, 6.07) is 85.2. The topological polar surface area (TPSA) is 19.4 Å². The van der Waals surface area contributed by atoms with Crippen LogP contribution in [0.2, 0.25) is 0 Å². The molecule has 0 spiro atoms. The Labute approximate surface area is 502 Å². The molecular formula is C76H56N6P2S. The largest absolute Gasteiger partial charge is 0.309 e. The van der Waals surface area contributed by atoms with E-state index in [1.807, 2.05) is 0 Å². The van der Waals surface area contributed by atoms with E-state index >= 15 is 0 Å². The lowest BCUT2D eigenvalue weighted by Gasteiger charge is -2.53. The third-order valence-corrected chi connectivity index (χ3v) is 26.1. The fraction of sp³-hybridized carbons (Fsp3) is 0.0789. The van der Waals surface area contributed by atoms with Crippen molar-refractivity contribution >= 4 is 171 Å². The molecule has 0 bridgehead atoms. The molecule has 0 aromatic heterocycles. The number of benzene rings is 12. The van der Waals surface area contributed by atoms with Gasteiger partial charge in [0.2, 0.25) is 0 Å². The molecule has 12 aromatic rings. The summed E-state index contributed by atoms with van der Waals surface area (Å²) >= 11 is 7.95. The zero-order valence-corrected chi connectivity index (χ0v) is 50.5. The van der Waals surface area contributed by atoms with Crippen molar-refractivity contribution in [2.45, 2.75) is 41.5 Å². The van der Waals surface area contributed by atoms with Gasteiger partial charge in [0.1, 0.15) is 0 Å². The first-order valence-corrected chi connectivity index (χ1v) is 33.5. The highest BCUT2D eigenvalue weighted by Gasteiger charge is 2.54. The summed E-state index contributed by atoms with van der Waals surface area (Å²) in [5.41, 5.74) is 28.2. The van der Waals surface area contributed by atoms with Crippen LogP contribution in [0.15, 0.2) is 231 Å². The summed E-state index contributed by atoms with van der Waals surface area (Å²) in [5.74, 6) is 0. The van der Waals surface area contributed by atoms with Crippen molar-refractivity contribution in [1.29, 1.82) is 0 Å². The van der Waals surface area contributed by atoms with E-state index in [1.54, 1.807) is 0 Å². The quantitative estimate of drug-likeness (QED) is 0.153. The Morgan fingerprint density at radius 2 is 0.518 bits per heavy atom. The molecule has 0 fully saturated rings. The minimum Gasteiger partial charge on any atom is -0.309 e. The first-order valence-electron chi connectivity index (χ1n) is 29.4. The maximum Gasteiger partial charge on any atom is 0.0653 e. The normalized spacial score (nSPS) is 16.7. The van der Waals surface area contributed by atoms with Gasteiger partial charge < -0.3 is 29.4 Å². The molecule has 6 nitrogen and oxygen atoms in total. The van der Waals surface area contributed by atoms with Crippen LogP contribution in [-0.2, 0) is 11.8 Å². The Morgan fingerprint density at radius 1 is 0.259 bits per heavy atom. The molecular weight excluding hydrogens is 1090 g/mol. The van der Waals surface area contributed by atoms with Gasteiger partial charge in [-0.3, -0.25) is 0 Å². The van der Waals surface area contributed by atoms with Crippen molar-refractivity contribution in [1.82, 2.24) is 0 Å². The van der Waals surface area contributed by atoms with Gasteiger partial charge in [0.15, 0.2) is 0 Å². The van der Waals surface area contributed by atoms with Gasteiger partial charge in [-0.05, 0) is 175 Å². The van der Waals surface area contributed by atoms with E-state index < -0.39 is 14.0 Å². The monoisotopic (exact) mass is 1150 g/mol. The van der Waals surface area contributed by atoms with E-state index in [1.165, 1.54) is 110 Å². The molecule has 2 atom stereocenters. The molecule has 2 unspecified atom stereocenters. The molecule has 0 saturated heterocycles. The molecule has 6 heterocycles. The predicted octanol–water partition coefficient (Wildman–Crippen LogP) is 18.9. The first-order chi connectivity index (χ1) is 41.5. The zero-order chi connectivity index (χ0) is 56.9. The van der Waals surface area contributed by atoms with E-state index in [4.69, 9.17) is 11.8 Å². The fourth-order valence-electron chi connectivity index (χ4n) is 14.6. The number of anilines is 18. The summed E-state index contributed by atoms with van der Waals surface area (Å²) in [7, 11) is -1.18. The smallest absolute Gasteiger partial charge is 0.0653 e. The van der Waals surface area contributed by atoms with Gasteiger partial charge in [-0.15, -0.1) is 0 Å². The number of fused-ring (bicyclic) bond motifs is 3. The lowest BCUT2D eigenvalue weighted by atomic mass is 9.97. The highest BCUT2D eigenvalue weighted by molar-refractivity contribution is 8.26. The van der Waals surface area contributed by atoms with Gasteiger partial charge in [-0.1, -0.05) is 142 Å². The van der Waals surface area contributed by atoms with Crippen molar-refractivity contribution in [2.75, 3.05) is 29.4 Å². The average molecular weight is 1150 g/mol. The highest BCUT2D eigenvalue weighted by atomic mass is 32.4. The van der Waals surface area contributed by atoms with Crippen molar-refractivity contribution in [3.05, 3.63) is 264 Å². The average Bonchev–Trinajstić information content (AvgIpc) is 0.670. The number of nitrogens with zero attached hydrogens (tertiary/aromatic N) is 6. The first kappa shape index (κ1) is 49.2. The van der Waals surface area contributed by atoms with Gasteiger partial charge in [-0.2, -0.15) is 0 Å². The zero-order valence-electron chi connectivity index (χ0n) is 47.9. The summed E-state index contributed by atoms with van der Waals surface area (Å²) in [6.45, 7) is 13.1. The van der Waals surface area contributed by atoms with E-state index in [-0.39, 0.29) is 0 Å². The van der Waals surface area contributed by atoms with Crippen LogP contribution >= 0.6 is 14.0 Å². The molecule has 0 aliphatic carbocycles. The van der Waals surface area contributed by atoms with Crippen LogP contribution in [0.3, 0.4) is 0 Å². The van der Waals surface area contributed by atoms with Gasteiger partial charge in [0.05, 0.1) is 74.3 Å². The molecule has 0 saturated carbocycles. The maximum atomic E-state index is 7.95. The number of rotatable bonds is 6. The van der Waals surface area contributed by atoms with E-state index in [0.717, 1.165) is 68.2 Å². The molecule has 6 aliphatic rings. The summed E-state index contributed by atoms with van der Waals surface area (Å²) in [5, 5.41) is 10.1. The van der Waals surface area contributed by atoms with Gasteiger partial charge in [0.25, 0.3) is 0 Å². The van der Waals surface area contributed by atoms with Crippen molar-refractivity contribution in [2.24, 2.45) is 0 Å². The molecule has 85 heavy (non-hydrogen) atoms. The summed E-state index contributed by atoms with van der Waals surface area (Å²) in [4.78, 5) is 15.5. The van der Waals surface area contributed by atoms with Crippen LogP contribution in [0.4, 0.5) is 102 Å². The number of aryl methyl sites for hydroxylation is 6. The molecule has 0 amide bonds. The van der Waals surface area contributed by atoms with Crippen LogP contribution in [0, 0.1) is 41.5 Å². The van der Waals surface area contributed by atoms with Crippen molar-refractivity contribution in [3.63, 3.8) is 0 Å². The van der Waals surface area contributed by atoms with Gasteiger partial charge >= 0.3 is 0 Å². The molecule has 18 rings (SSSR count). The minimum absolute atomic E-state index is 1.10.